The minimum absolute atomic E-state index is 0.585. The second-order valence-corrected chi connectivity index (χ2v) is 5.74. The fraction of sp³-hybridized carbons (Fsp3) is 0.0769. The molecule has 96 valence electrons. The predicted molar refractivity (Wildman–Crippen MR) is 84.4 cm³/mol. The highest BCUT2D eigenvalue weighted by atomic mass is 79.9. The van der Waals surface area contributed by atoms with E-state index in [1.165, 1.54) is 10.1 Å². The summed E-state index contributed by atoms with van der Waals surface area (Å²) in [5, 5.41) is 9.54. The number of benzene rings is 1. The Labute approximate surface area is 123 Å². The Balaban J connectivity index is 1.95. The van der Waals surface area contributed by atoms with Crippen molar-refractivity contribution >= 4 is 54.8 Å². The van der Waals surface area contributed by atoms with Gasteiger partial charge in [0, 0.05) is 23.6 Å². The Kier molecular flexibility index (Phi) is 3.35. The first kappa shape index (κ1) is 12.4. The van der Waals surface area contributed by atoms with E-state index < -0.39 is 0 Å². The van der Waals surface area contributed by atoms with Gasteiger partial charge in [0.05, 0.1) is 4.47 Å². The van der Waals surface area contributed by atoms with Crippen LogP contribution in [0.1, 0.15) is 0 Å². The predicted octanol–water partition coefficient (Wildman–Crippen LogP) is 4.24. The van der Waals surface area contributed by atoms with Crippen molar-refractivity contribution in [2.75, 3.05) is 17.7 Å². The lowest BCUT2D eigenvalue weighted by atomic mass is 10.2. The van der Waals surface area contributed by atoms with Crippen LogP contribution in [-0.2, 0) is 0 Å². The van der Waals surface area contributed by atoms with Gasteiger partial charge in [0.25, 0.3) is 0 Å². The molecule has 0 saturated heterocycles. The monoisotopic (exact) mass is 334 g/mol. The summed E-state index contributed by atoms with van der Waals surface area (Å²) in [5.41, 5.74) is 1.01. The number of thiophene rings is 1. The highest BCUT2D eigenvalue weighted by Gasteiger charge is 2.05. The first-order valence-corrected chi connectivity index (χ1v) is 7.38. The normalized spacial score (nSPS) is 10.6. The van der Waals surface area contributed by atoms with Gasteiger partial charge in [-0.15, -0.1) is 11.3 Å². The Morgan fingerprint density at radius 3 is 3.00 bits per heavy atom. The number of hydrogen-bond donors (Lipinski definition) is 2. The number of hydrogen-bond acceptors (Lipinski definition) is 5. The van der Waals surface area contributed by atoms with E-state index in [1.807, 2.05) is 6.07 Å². The topological polar surface area (TPSA) is 49.8 Å². The van der Waals surface area contributed by atoms with Crippen LogP contribution in [0.3, 0.4) is 0 Å². The zero-order valence-corrected chi connectivity index (χ0v) is 12.5. The Morgan fingerprint density at radius 2 is 2.16 bits per heavy atom. The molecule has 0 aliphatic heterocycles. The van der Waals surface area contributed by atoms with E-state index in [9.17, 15) is 0 Å². The van der Waals surface area contributed by atoms with Gasteiger partial charge in [-0.3, -0.25) is 0 Å². The van der Waals surface area contributed by atoms with E-state index in [0.717, 1.165) is 16.0 Å². The van der Waals surface area contributed by atoms with Gasteiger partial charge in [-0.2, -0.15) is 4.98 Å². The summed E-state index contributed by atoms with van der Waals surface area (Å²) >= 11 is 5.19. The summed E-state index contributed by atoms with van der Waals surface area (Å²) in [6, 6.07) is 8.38. The van der Waals surface area contributed by atoms with Crippen LogP contribution in [0.15, 0.2) is 40.3 Å². The smallest absolute Gasteiger partial charge is 0.224 e. The van der Waals surface area contributed by atoms with Crippen molar-refractivity contribution in [2.45, 2.75) is 0 Å². The minimum atomic E-state index is 0.585. The standard InChI is InChI=1S/C13H11BrN4S/c1-15-13-16-7-10(14)12(18-13)17-9-2-3-11-8(6-9)4-5-19-11/h2-7H,1H3,(H2,15,16,17,18). The molecule has 2 N–H and O–H groups in total. The van der Waals surface area contributed by atoms with Crippen molar-refractivity contribution in [3.63, 3.8) is 0 Å². The zero-order chi connectivity index (χ0) is 13.2. The fourth-order valence-corrected chi connectivity index (χ4v) is 2.82. The Morgan fingerprint density at radius 1 is 1.26 bits per heavy atom. The maximum atomic E-state index is 4.38. The molecule has 0 atom stereocenters. The van der Waals surface area contributed by atoms with Gasteiger partial charge in [-0.05, 0) is 51.0 Å². The number of nitrogens with one attached hydrogen (secondary N) is 2. The fourth-order valence-electron chi connectivity index (χ4n) is 1.76. The number of aromatic nitrogens is 2. The van der Waals surface area contributed by atoms with Gasteiger partial charge < -0.3 is 10.6 Å². The van der Waals surface area contributed by atoms with Crippen LogP contribution in [0.2, 0.25) is 0 Å². The molecule has 2 heterocycles. The molecule has 0 unspecified atom stereocenters. The van der Waals surface area contributed by atoms with Crippen LogP contribution in [0.4, 0.5) is 17.5 Å². The number of fused-ring (bicyclic) bond motifs is 1. The van der Waals surface area contributed by atoms with Gasteiger partial charge in [0.15, 0.2) is 0 Å². The van der Waals surface area contributed by atoms with Crippen LogP contribution < -0.4 is 10.6 Å². The summed E-state index contributed by atoms with van der Waals surface area (Å²) in [4.78, 5) is 8.51. The summed E-state index contributed by atoms with van der Waals surface area (Å²) in [6.07, 6.45) is 1.73. The van der Waals surface area contributed by atoms with Crippen LogP contribution >= 0.6 is 27.3 Å². The van der Waals surface area contributed by atoms with Gasteiger partial charge in [0.2, 0.25) is 5.95 Å². The van der Waals surface area contributed by atoms with E-state index in [1.54, 1.807) is 24.6 Å². The van der Waals surface area contributed by atoms with Gasteiger partial charge in [-0.1, -0.05) is 0 Å². The molecule has 0 radical (unpaired) electrons. The molecule has 0 aliphatic rings. The van der Waals surface area contributed by atoms with Crippen LogP contribution in [-0.4, -0.2) is 17.0 Å². The average Bonchev–Trinajstić information content (AvgIpc) is 2.89. The molecule has 0 amide bonds. The van der Waals surface area contributed by atoms with Gasteiger partial charge in [-0.25, -0.2) is 4.98 Å². The molecular weight excluding hydrogens is 324 g/mol. The Bertz CT molecular complexity index is 725. The third-order valence-corrected chi connectivity index (χ3v) is 4.16. The lowest BCUT2D eigenvalue weighted by Crippen LogP contribution is -2.01. The molecule has 3 aromatic rings. The molecule has 4 nitrogen and oxygen atoms in total. The highest BCUT2D eigenvalue weighted by Crippen LogP contribution is 2.28. The molecule has 0 fully saturated rings. The third-order valence-electron chi connectivity index (χ3n) is 2.68. The van der Waals surface area contributed by atoms with E-state index in [0.29, 0.717) is 5.95 Å². The number of rotatable bonds is 3. The van der Waals surface area contributed by atoms with Crippen molar-refractivity contribution < 1.29 is 0 Å². The van der Waals surface area contributed by atoms with Crippen molar-refractivity contribution in [2.24, 2.45) is 0 Å². The Hall–Kier alpha value is -1.66. The summed E-state index contributed by atoms with van der Waals surface area (Å²) in [6.45, 7) is 0. The molecular formula is C13H11BrN4S. The van der Waals surface area contributed by atoms with E-state index in [-0.39, 0.29) is 0 Å². The third kappa shape index (κ3) is 2.54. The lowest BCUT2D eigenvalue weighted by molar-refractivity contribution is 1.14. The summed E-state index contributed by atoms with van der Waals surface area (Å²) in [5.74, 6) is 1.33. The van der Waals surface area contributed by atoms with Crippen molar-refractivity contribution in [3.8, 4) is 0 Å². The average molecular weight is 335 g/mol. The minimum Gasteiger partial charge on any atom is -0.357 e. The quantitative estimate of drug-likeness (QED) is 0.752. The van der Waals surface area contributed by atoms with Gasteiger partial charge >= 0.3 is 0 Å². The molecule has 2 aromatic heterocycles. The first-order chi connectivity index (χ1) is 9.26. The molecule has 0 bridgehead atoms. The lowest BCUT2D eigenvalue weighted by Gasteiger charge is -2.09. The van der Waals surface area contributed by atoms with Crippen LogP contribution in [0.25, 0.3) is 10.1 Å². The molecule has 0 spiro atoms. The van der Waals surface area contributed by atoms with Crippen molar-refractivity contribution in [1.82, 2.24) is 9.97 Å². The summed E-state index contributed by atoms with van der Waals surface area (Å²) in [7, 11) is 1.80. The molecule has 19 heavy (non-hydrogen) atoms. The number of anilines is 3. The molecule has 3 rings (SSSR count). The molecule has 6 heteroatoms. The maximum absolute atomic E-state index is 4.38. The second-order valence-electron chi connectivity index (χ2n) is 3.94. The van der Waals surface area contributed by atoms with Crippen LogP contribution in [0.5, 0.6) is 0 Å². The second kappa shape index (κ2) is 5.14. The van der Waals surface area contributed by atoms with Crippen molar-refractivity contribution in [3.05, 3.63) is 40.3 Å². The van der Waals surface area contributed by atoms with Gasteiger partial charge in [0.1, 0.15) is 5.82 Å². The largest absolute Gasteiger partial charge is 0.357 e. The molecule has 1 aromatic carbocycles. The number of halogens is 1. The van der Waals surface area contributed by atoms with E-state index in [4.69, 9.17) is 0 Å². The molecule has 0 aliphatic carbocycles. The highest BCUT2D eigenvalue weighted by molar-refractivity contribution is 9.10. The summed E-state index contributed by atoms with van der Waals surface area (Å²) < 4.78 is 2.11. The number of nitrogens with zero attached hydrogens (tertiary/aromatic N) is 2. The van der Waals surface area contributed by atoms with E-state index >= 15 is 0 Å². The first-order valence-electron chi connectivity index (χ1n) is 5.71. The SMILES string of the molecule is CNc1ncc(Br)c(Nc2ccc3sccc3c2)n1. The van der Waals surface area contributed by atoms with Crippen molar-refractivity contribution in [1.29, 1.82) is 0 Å². The van der Waals surface area contributed by atoms with Crippen LogP contribution in [0, 0.1) is 0 Å². The van der Waals surface area contributed by atoms with E-state index in [2.05, 4.69) is 60.1 Å². The maximum Gasteiger partial charge on any atom is 0.224 e. The molecule has 0 saturated carbocycles. The zero-order valence-electron chi connectivity index (χ0n) is 10.1.